The second-order valence-electron chi connectivity index (χ2n) is 7.75. The smallest absolute Gasteiger partial charge is 0.385 e. The first-order valence-electron chi connectivity index (χ1n) is 10.7. The first-order chi connectivity index (χ1) is 16.4. The van der Waals surface area contributed by atoms with Crippen LogP contribution in [0, 0.1) is 0 Å². The van der Waals surface area contributed by atoms with Crippen molar-refractivity contribution in [2.24, 2.45) is 0 Å². The minimum Gasteiger partial charge on any atom is -0.385 e. The summed E-state index contributed by atoms with van der Waals surface area (Å²) in [5.74, 6) is 0. The van der Waals surface area contributed by atoms with Crippen LogP contribution in [-0.4, -0.2) is 26.1 Å². The summed E-state index contributed by atoms with van der Waals surface area (Å²) in [6, 6.07) is 17.5. The molecule has 170 valence electrons. The first kappa shape index (κ1) is 21.6. The highest BCUT2D eigenvalue weighted by molar-refractivity contribution is 5.99. The standard InChI is InChI=1S/C26H20F3N5/c1-2-31-19-8-3-6-17(12-19)21-13-24(26(27,28)29)33-25-20(21)9-4-10-23(25)34-15-22(32-16-34)18-7-5-11-30-14-18/h3-16,31H,2H2,1H3. The molecule has 5 aromatic rings. The second-order valence-corrected chi connectivity index (χ2v) is 7.75. The number of halogens is 3. The number of benzene rings is 2. The Bertz CT molecular complexity index is 1460. The van der Waals surface area contributed by atoms with E-state index in [4.69, 9.17) is 0 Å². The largest absolute Gasteiger partial charge is 0.433 e. The Kier molecular flexibility index (Phi) is 5.49. The molecule has 8 heteroatoms. The van der Waals surface area contributed by atoms with Crippen molar-refractivity contribution in [3.8, 4) is 28.1 Å². The van der Waals surface area contributed by atoms with Crippen LogP contribution in [-0.2, 0) is 6.18 Å². The van der Waals surface area contributed by atoms with E-state index in [-0.39, 0.29) is 5.52 Å². The number of alkyl halides is 3. The number of nitrogens with one attached hydrogen (secondary N) is 1. The molecule has 5 rings (SSSR count). The highest BCUT2D eigenvalue weighted by Gasteiger charge is 2.34. The highest BCUT2D eigenvalue weighted by Crippen LogP contribution is 2.37. The number of imidazole rings is 1. The monoisotopic (exact) mass is 459 g/mol. The molecule has 2 aromatic carbocycles. The number of rotatable bonds is 5. The molecule has 0 atom stereocenters. The number of hydrogen-bond acceptors (Lipinski definition) is 4. The Morgan fingerprint density at radius 1 is 0.971 bits per heavy atom. The van der Waals surface area contributed by atoms with Crippen molar-refractivity contribution in [1.82, 2.24) is 19.5 Å². The molecular weight excluding hydrogens is 439 g/mol. The molecule has 0 radical (unpaired) electrons. The van der Waals surface area contributed by atoms with Crippen LogP contribution >= 0.6 is 0 Å². The lowest BCUT2D eigenvalue weighted by Crippen LogP contribution is -2.09. The summed E-state index contributed by atoms with van der Waals surface area (Å²) < 4.78 is 43.3. The van der Waals surface area contributed by atoms with Crippen molar-refractivity contribution in [3.05, 3.63) is 91.3 Å². The topological polar surface area (TPSA) is 55.6 Å². The maximum absolute atomic E-state index is 13.9. The van der Waals surface area contributed by atoms with E-state index in [1.807, 2.05) is 37.3 Å². The van der Waals surface area contributed by atoms with Gasteiger partial charge in [0.1, 0.15) is 5.69 Å². The summed E-state index contributed by atoms with van der Waals surface area (Å²) in [4.78, 5) is 12.6. The van der Waals surface area contributed by atoms with Gasteiger partial charge in [-0.15, -0.1) is 0 Å². The normalized spacial score (nSPS) is 11.6. The zero-order chi connectivity index (χ0) is 23.7. The van der Waals surface area contributed by atoms with Gasteiger partial charge in [0.25, 0.3) is 0 Å². The van der Waals surface area contributed by atoms with Crippen molar-refractivity contribution in [1.29, 1.82) is 0 Å². The molecule has 0 aliphatic carbocycles. The molecule has 0 fully saturated rings. The fraction of sp³-hybridized carbons (Fsp3) is 0.115. The van der Waals surface area contributed by atoms with Gasteiger partial charge in [-0.25, -0.2) is 9.97 Å². The van der Waals surface area contributed by atoms with Crippen LogP contribution in [0.1, 0.15) is 12.6 Å². The van der Waals surface area contributed by atoms with Crippen LogP contribution in [0.15, 0.2) is 85.6 Å². The predicted octanol–water partition coefficient (Wildman–Crippen LogP) is 6.60. The maximum Gasteiger partial charge on any atom is 0.433 e. The summed E-state index contributed by atoms with van der Waals surface area (Å²) in [7, 11) is 0. The van der Waals surface area contributed by atoms with Crippen molar-refractivity contribution in [3.63, 3.8) is 0 Å². The third kappa shape index (κ3) is 4.10. The number of anilines is 1. The number of fused-ring (bicyclic) bond motifs is 1. The quantitative estimate of drug-likeness (QED) is 0.322. The summed E-state index contributed by atoms with van der Waals surface area (Å²) in [5.41, 5.74) is 3.27. The molecule has 0 saturated carbocycles. The Hall–Kier alpha value is -4.20. The molecule has 34 heavy (non-hydrogen) atoms. The van der Waals surface area contributed by atoms with E-state index >= 15 is 0 Å². The van der Waals surface area contributed by atoms with Crippen LogP contribution in [0.4, 0.5) is 18.9 Å². The number of nitrogens with zero attached hydrogens (tertiary/aromatic N) is 4. The number of para-hydroxylation sites is 1. The molecular formula is C26H20F3N5. The molecule has 0 bridgehead atoms. The van der Waals surface area contributed by atoms with E-state index in [0.29, 0.717) is 34.4 Å². The molecule has 0 saturated heterocycles. The minimum atomic E-state index is -4.59. The minimum absolute atomic E-state index is 0.247. The van der Waals surface area contributed by atoms with Crippen LogP contribution in [0.5, 0.6) is 0 Å². The van der Waals surface area contributed by atoms with Crippen LogP contribution in [0.2, 0.25) is 0 Å². The van der Waals surface area contributed by atoms with Gasteiger partial charge in [-0.3, -0.25) is 4.98 Å². The van der Waals surface area contributed by atoms with E-state index < -0.39 is 11.9 Å². The Balaban J connectivity index is 1.72. The van der Waals surface area contributed by atoms with Gasteiger partial charge >= 0.3 is 6.18 Å². The van der Waals surface area contributed by atoms with Gasteiger partial charge in [-0.1, -0.05) is 24.3 Å². The Labute approximate surface area is 194 Å². The summed E-state index contributed by atoms with van der Waals surface area (Å²) >= 11 is 0. The van der Waals surface area contributed by atoms with Gasteiger partial charge in [0.2, 0.25) is 0 Å². The fourth-order valence-corrected chi connectivity index (χ4v) is 3.94. The Morgan fingerprint density at radius 3 is 2.56 bits per heavy atom. The lowest BCUT2D eigenvalue weighted by Gasteiger charge is -2.15. The lowest BCUT2D eigenvalue weighted by atomic mass is 9.98. The van der Waals surface area contributed by atoms with Crippen LogP contribution in [0.3, 0.4) is 0 Å². The maximum atomic E-state index is 13.9. The fourth-order valence-electron chi connectivity index (χ4n) is 3.94. The summed E-state index contributed by atoms with van der Waals surface area (Å²) in [6.07, 6.45) is 2.10. The third-order valence-corrected chi connectivity index (χ3v) is 5.48. The zero-order valence-electron chi connectivity index (χ0n) is 18.2. The van der Waals surface area contributed by atoms with Gasteiger partial charge in [0.15, 0.2) is 0 Å². The Morgan fingerprint density at radius 2 is 1.79 bits per heavy atom. The summed E-state index contributed by atoms with van der Waals surface area (Å²) in [5, 5.41) is 3.83. The van der Waals surface area contributed by atoms with Gasteiger partial charge in [-0.05, 0) is 54.4 Å². The molecule has 3 heterocycles. The average Bonchev–Trinajstić information content (AvgIpc) is 3.33. The molecule has 0 spiro atoms. The second kappa shape index (κ2) is 8.62. The number of hydrogen-bond donors (Lipinski definition) is 1. The van der Waals surface area contributed by atoms with E-state index in [1.165, 1.54) is 0 Å². The zero-order valence-corrected chi connectivity index (χ0v) is 18.2. The SMILES string of the molecule is CCNc1cccc(-c2cc(C(F)(F)F)nc3c(-n4cnc(-c5cccnc5)c4)cccc23)c1. The van der Waals surface area contributed by atoms with Crippen LogP contribution in [0.25, 0.3) is 39.0 Å². The summed E-state index contributed by atoms with van der Waals surface area (Å²) in [6.45, 7) is 2.67. The molecule has 0 aliphatic heterocycles. The molecule has 3 aromatic heterocycles. The predicted molar refractivity (Wildman–Crippen MR) is 127 cm³/mol. The van der Waals surface area contributed by atoms with Crippen molar-refractivity contribution >= 4 is 16.6 Å². The molecule has 0 unspecified atom stereocenters. The average molecular weight is 459 g/mol. The molecule has 1 N–H and O–H groups in total. The lowest BCUT2D eigenvalue weighted by molar-refractivity contribution is -0.140. The van der Waals surface area contributed by atoms with Crippen molar-refractivity contribution in [2.45, 2.75) is 13.1 Å². The number of aromatic nitrogens is 4. The van der Waals surface area contributed by atoms with Crippen molar-refractivity contribution in [2.75, 3.05) is 11.9 Å². The highest BCUT2D eigenvalue weighted by atomic mass is 19.4. The van der Waals surface area contributed by atoms with Gasteiger partial charge < -0.3 is 9.88 Å². The molecule has 0 aliphatic rings. The van der Waals surface area contributed by atoms with E-state index in [1.54, 1.807) is 53.8 Å². The van der Waals surface area contributed by atoms with E-state index in [9.17, 15) is 13.2 Å². The third-order valence-electron chi connectivity index (χ3n) is 5.48. The molecule has 0 amide bonds. The van der Waals surface area contributed by atoms with Crippen LogP contribution < -0.4 is 5.32 Å². The van der Waals surface area contributed by atoms with E-state index in [0.717, 1.165) is 17.3 Å². The first-order valence-corrected chi connectivity index (χ1v) is 10.7. The number of pyridine rings is 2. The van der Waals surface area contributed by atoms with E-state index in [2.05, 4.69) is 20.3 Å². The van der Waals surface area contributed by atoms with Gasteiger partial charge in [0, 0.05) is 41.8 Å². The molecule has 5 nitrogen and oxygen atoms in total. The van der Waals surface area contributed by atoms with Gasteiger partial charge in [0.05, 0.1) is 23.2 Å². The van der Waals surface area contributed by atoms with Gasteiger partial charge in [-0.2, -0.15) is 13.2 Å². The van der Waals surface area contributed by atoms with Crippen molar-refractivity contribution < 1.29 is 13.2 Å².